The molecular formula is C16H23ClN2S. The molecule has 1 atom stereocenters. The summed E-state index contributed by atoms with van der Waals surface area (Å²) < 4.78 is 0. The molecule has 20 heavy (non-hydrogen) atoms. The van der Waals surface area contributed by atoms with Crippen molar-refractivity contribution in [1.29, 1.82) is 5.26 Å². The highest BCUT2D eigenvalue weighted by atomic mass is 35.5. The molecule has 0 heterocycles. The molecule has 4 heteroatoms. The average Bonchev–Trinajstić information content (AvgIpc) is 2.45. The van der Waals surface area contributed by atoms with Crippen molar-refractivity contribution in [1.82, 2.24) is 5.32 Å². The number of halogens is 1. The molecule has 1 rings (SSSR count). The van der Waals surface area contributed by atoms with Crippen LogP contribution in [0.3, 0.4) is 0 Å². The van der Waals surface area contributed by atoms with E-state index in [9.17, 15) is 0 Å². The lowest BCUT2D eigenvalue weighted by atomic mass is 9.97. The van der Waals surface area contributed by atoms with Crippen LogP contribution in [0.5, 0.6) is 0 Å². The molecular weight excluding hydrogens is 288 g/mol. The van der Waals surface area contributed by atoms with Gasteiger partial charge in [-0.3, -0.25) is 5.32 Å². The minimum Gasteiger partial charge on any atom is -0.300 e. The minimum absolute atomic E-state index is 0.365. The maximum Gasteiger partial charge on any atom is 0.103 e. The molecule has 0 saturated heterocycles. The first-order valence-electron chi connectivity index (χ1n) is 7.08. The zero-order chi connectivity index (χ0) is 14.8. The standard InChI is InChI=1S/C16H23ClN2S/c1-3-19-16(2,13-18)10-4-5-11-20-12-14-6-8-15(17)9-7-14/h6-9,19H,3-5,10-12H2,1-2H3. The van der Waals surface area contributed by atoms with Crippen molar-refractivity contribution in [2.24, 2.45) is 0 Å². The van der Waals surface area contributed by atoms with Crippen LogP contribution in [-0.2, 0) is 5.75 Å². The van der Waals surface area contributed by atoms with Gasteiger partial charge in [0, 0.05) is 10.8 Å². The van der Waals surface area contributed by atoms with E-state index in [1.165, 1.54) is 5.56 Å². The topological polar surface area (TPSA) is 35.8 Å². The number of nitriles is 1. The second kappa shape index (κ2) is 9.28. The predicted octanol–water partition coefficient (Wildman–Crippen LogP) is 4.64. The molecule has 0 bridgehead atoms. The van der Waals surface area contributed by atoms with Gasteiger partial charge in [0.25, 0.3) is 0 Å². The van der Waals surface area contributed by atoms with E-state index in [1.54, 1.807) is 0 Å². The van der Waals surface area contributed by atoms with E-state index in [2.05, 4.69) is 23.5 Å². The van der Waals surface area contributed by atoms with E-state index < -0.39 is 0 Å². The van der Waals surface area contributed by atoms with Gasteiger partial charge in [0.05, 0.1) is 6.07 Å². The Morgan fingerprint density at radius 1 is 1.30 bits per heavy atom. The fourth-order valence-corrected chi connectivity index (χ4v) is 3.13. The zero-order valence-corrected chi connectivity index (χ0v) is 13.9. The molecule has 0 aliphatic rings. The van der Waals surface area contributed by atoms with E-state index in [1.807, 2.05) is 37.7 Å². The second-order valence-corrected chi connectivity index (χ2v) is 6.65. The molecule has 1 N–H and O–H groups in total. The summed E-state index contributed by atoms with van der Waals surface area (Å²) in [6.07, 6.45) is 3.16. The maximum atomic E-state index is 9.16. The summed E-state index contributed by atoms with van der Waals surface area (Å²) in [6, 6.07) is 10.4. The molecule has 0 aliphatic carbocycles. The Balaban J connectivity index is 2.13. The molecule has 1 aromatic carbocycles. The molecule has 1 aromatic rings. The van der Waals surface area contributed by atoms with Crippen LogP contribution < -0.4 is 5.32 Å². The number of thioether (sulfide) groups is 1. The van der Waals surface area contributed by atoms with Gasteiger partial charge in [0.2, 0.25) is 0 Å². The van der Waals surface area contributed by atoms with Crippen LogP contribution in [0.4, 0.5) is 0 Å². The SMILES string of the molecule is CCNC(C)(C#N)CCCCSCc1ccc(Cl)cc1. The molecule has 0 radical (unpaired) electrons. The Hall–Kier alpha value is -0.690. The highest BCUT2D eigenvalue weighted by molar-refractivity contribution is 7.98. The average molecular weight is 311 g/mol. The molecule has 1 unspecified atom stereocenters. The fraction of sp³-hybridized carbons (Fsp3) is 0.562. The summed E-state index contributed by atoms with van der Waals surface area (Å²) in [5, 5.41) is 13.2. The molecule has 0 aromatic heterocycles. The summed E-state index contributed by atoms with van der Waals surface area (Å²) in [6.45, 7) is 4.87. The molecule has 0 fully saturated rings. The van der Waals surface area contributed by atoms with Gasteiger partial charge in [-0.2, -0.15) is 17.0 Å². The predicted molar refractivity (Wildman–Crippen MR) is 89.2 cm³/mol. The zero-order valence-electron chi connectivity index (χ0n) is 12.3. The Labute approximate surface area is 131 Å². The summed E-state index contributed by atoms with van der Waals surface area (Å²) in [7, 11) is 0. The van der Waals surface area contributed by atoms with E-state index in [4.69, 9.17) is 16.9 Å². The Kier molecular flexibility index (Phi) is 8.06. The highest BCUT2D eigenvalue weighted by Crippen LogP contribution is 2.18. The maximum absolute atomic E-state index is 9.16. The second-order valence-electron chi connectivity index (χ2n) is 5.11. The monoisotopic (exact) mass is 310 g/mol. The lowest BCUT2D eigenvalue weighted by molar-refractivity contribution is 0.415. The molecule has 0 spiro atoms. The van der Waals surface area contributed by atoms with Gasteiger partial charge in [0.1, 0.15) is 5.54 Å². The van der Waals surface area contributed by atoms with Crippen molar-refractivity contribution in [3.63, 3.8) is 0 Å². The summed E-state index contributed by atoms with van der Waals surface area (Å²) in [5.74, 6) is 2.16. The Bertz CT molecular complexity index is 427. The van der Waals surface area contributed by atoms with Crippen molar-refractivity contribution in [3.05, 3.63) is 34.9 Å². The minimum atomic E-state index is -0.365. The Morgan fingerprint density at radius 3 is 2.60 bits per heavy atom. The number of unbranched alkanes of at least 4 members (excludes halogenated alkanes) is 1. The van der Waals surface area contributed by atoms with Crippen LogP contribution in [0.15, 0.2) is 24.3 Å². The fourth-order valence-electron chi connectivity index (χ4n) is 2.03. The number of nitrogens with zero attached hydrogens (tertiary/aromatic N) is 1. The van der Waals surface area contributed by atoms with Gasteiger partial charge in [0.15, 0.2) is 0 Å². The Morgan fingerprint density at radius 2 is 2.00 bits per heavy atom. The van der Waals surface area contributed by atoms with Gasteiger partial charge in [-0.15, -0.1) is 0 Å². The third-order valence-corrected chi connectivity index (χ3v) is 4.58. The molecule has 2 nitrogen and oxygen atoms in total. The number of nitrogens with one attached hydrogen (secondary N) is 1. The van der Waals surface area contributed by atoms with E-state index in [-0.39, 0.29) is 5.54 Å². The number of benzene rings is 1. The third kappa shape index (κ3) is 6.65. The smallest absolute Gasteiger partial charge is 0.103 e. The molecule has 110 valence electrons. The summed E-state index contributed by atoms with van der Waals surface area (Å²) in [5.41, 5.74) is 0.948. The van der Waals surface area contributed by atoms with Gasteiger partial charge >= 0.3 is 0 Å². The highest BCUT2D eigenvalue weighted by Gasteiger charge is 2.20. The lowest BCUT2D eigenvalue weighted by Gasteiger charge is -2.22. The third-order valence-electron chi connectivity index (χ3n) is 3.21. The van der Waals surface area contributed by atoms with Crippen LogP contribution in [0.2, 0.25) is 5.02 Å². The van der Waals surface area contributed by atoms with Crippen LogP contribution in [-0.4, -0.2) is 17.8 Å². The summed E-state index contributed by atoms with van der Waals surface area (Å²) in [4.78, 5) is 0. The molecule has 0 saturated carbocycles. The molecule has 0 aliphatic heterocycles. The van der Waals surface area contributed by atoms with Gasteiger partial charge in [-0.05, 0) is 56.2 Å². The first kappa shape index (κ1) is 17.4. The summed E-state index contributed by atoms with van der Waals surface area (Å²) >= 11 is 7.79. The van der Waals surface area contributed by atoms with Crippen LogP contribution in [0.25, 0.3) is 0 Å². The van der Waals surface area contributed by atoms with Crippen LogP contribution in [0, 0.1) is 11.3 Å². The van der Waals surface area contributed by atoms with Crippen molar-refractivity contribution in [3.8, 4) is 6.07 Å². The first-order chi connectivity index (χ1) is 9.59. The van der Waals surface area contributed by atoms with E-state index in [0.717, 1.165) is 42.3 Å². The first-order valence-corrected chi connectivity index (χ1v) is 8.61. The van der Waals surface area contributed by atoms with Gasteiger partial charge in [-0.25, -0.2) is 0 Å². The largest absolute Gasteiger partial charge is 0.300 e. The van der Waals surface area contributed by atoms with Gasteiger partial charge in [-0.1, -0.05) is 30.7 Å². The van der Waals surface area contributed by atoms with E-state index >= 15 is 0 Å². The van der Waals surface area contributed by atoms with Crippen molar-refractivity contribution >= 4 is 23.4 Å². The molecule has 0 amide bonds. The van der Waals surface area contributed by atoms with Crippen molar-refractivity contribution in [2.75, 3.05) is 12.3 Å². The van der Waals surface area contributed by atoms with Crippen molar-refractivity contribution in [2.45, 2.75) is 44.4 Å². The number of hydrogen-bond acceptors (Lipinski definition) is 3. The number of hydrogen-bond donors (Lipinski definition) is 1. The quantitative estimate of drug-likeness (QED) is 0.675. The van der Waals surface area contributed by atoms with Crippen LogP contribution in [0.1, 0.15) is 38.7 Å². The lowest BCUT2D eigenvalue weighted by Crippen LogP contribution is -2.40. The van der Waals surface area contributed by atoms with E-state index in [0.29, 0.717) is 0 Å². The van der Waals surface area contributed by atoms with Gasteiger partial charge < -0.3 is 0 Å². The normalized spacial score (nSPS) is 13.7. The number of rotatable bonds is 9. The van der Waals surface area contributed by atoms with Crippen LogP contribution >= 0.6 is 23.4 Å². The van der Waals surface area contributed by atoms with Crippen molar-refractivity contribution < 1.29 is 0 Å².